The lowest BCUT2D eigenvalue weighted by Gasteiger charge is -2.03. The summed E-state index contributed by atoms with van der Waals surface area (Å²) < 4.78 is 1.87. The molecule has 0 N–H and O–H groups in total. The number of aromatic nitrogens is 2. The van der Waals surface area contributed by atoms with Crippen LogP contribution in [-0.2, 0) is 13.0 Å². The Morgan fingerprint density at radius 3 is 2.61 bits per heavy atom. The van der Waals surface area contributed by atoms with Crippen molar-refractivity contribution in [1.82, 2.24) is 9.78 Å². The Hall–Kier alpha value is -1.90. The van der Waals surface area contributed by atoms with E-state index in [-0.39, 0.29) is 0 Å². The zero-order valence-electron chi connectivity index (χ0n) is 10.8. The van der Waals surface area contributed by atoms with E-state index in [0.29, 0.717) is 17.9 Å². The molecule has 1 aromatic heterocycles. The number of hydrogen-bond acceptors (Lipinski definition) is 2. The Balaban J connectivity index is 2.21. The number of carbonyl (C=O) groups excluding carboxylic acids is 1. The fourth-order valence-corrected chi connectivity index (χ4v) is 1.97. The first-order valence-electron chi connectivity index (χ1n) is 6.24. The number of aldehydes is 1. The summed E-state index contributed by atoms with van der Waals surface area (Å²) in [6.07, 6.45) is 3.44. The summed E-state index contributed by atoms with van der Waals surface area (Å²) in [6.45, 7) is 5.12. The van der Waals surface area contributed by atoms with Gasteiger partial charge < -0.3 is 0 Å². The van der Waals surface area contributed by atoms with Crippen LogP contribution in [-0.4, -0.2) is 16.1 Å². The predicted octanol–water partition coefficient (Wildman–Crippen LogP) is 2.94. The van der Waals surface area contributed by atoms with Gasteiger partial charge in [-0.25, -0.2) is 0 Å². The van der Waals surface area contributed by atoms with E-state index in [2.05, 4.69) is 31.1 Å². The van der Waals surface area contributed by atoms with Gasteiger partial charge in [-0.3, -0.25) is 9.48 Å². The summed E-state index contributed by atoms with van der Waals surface area (Å²) >= 11 is 0. The molecule has 18 heavy (non-hydrogen) atoms. The third-order valence-electron chi connectivity index (χ3n) is 2.76. The minimum atomic E-state index is 0.522. The molecule has 2 rings (SSSR count). The van der Waals surface area contributed by atoms with Crippen molar-refractivity contribution in [1.29, 1.82) is 0 Å². The van der Waals surface area contributed by atoms with Gasteiger partial charge in [0.1, 0.15) is 0 Å². The average molecular weight is 242 g/mol. The Morgan fingerprint density at radius 1 is 1.28 bits per heavy atom. The molecule has 0 aliphatic heterocycles. The van der Waals surface area contributed by atoms with E-state index in [4.69, 9.17) is 0 Å². The molecule has 0 atom stereocenters. The molecular weight excluding hydrogens is 224 g/mol. The van der Waals surface area contributed by atoms with E-state index in [1.807, 2.05) is 29.1 Å². The van der Waals surface area contributed by atoms with Crippen molar-refractivity contribution < 1.29 is 4.79 Å². The highest BCUT2D eigenvalue weighted by Gasteiger charge is 2.09. The molecule has 3 heteroatoms. The first-order chi connectivity index (χ1) is 8.69. The molecule has 1 heterocycles. The maximum Gasteiger partial charge on any atom is 0.153 e. The molecule has 0 radical (unpaired) electrons. The molecule has 0 aliphatic carbocycles. The van der Waals surface area contributed by atoms with Gasteiger partial charge in [-0.15, -0.1) is 0 Å². The van der Waals surface area contributed by atoms with Crippen LogP contribution in [0, 0.1) is 5.92 Å². The maximum atomic E-state index is 11.1. The molecule has 0 bridgehead atoms. The van der Waals surface area contributed by atoms with Gasteiger partial charge in [-0.2, -0.15) is 5.10 Å². The Labute approximate surface area is 107 Å². The lowest BCUT2D eigenvalue weighted by Crippen LogP contribution is -2.05. The highest BCUT2D eigenvalue weighted by atomic mass is 16.1. The molecule has 1 aromatic carbocycles. The highest BCUT2D eigenvalue weighted by molar-refractivity contribution is 5.76. The fraction of sp³-hybridized carbons (Fsp3) is 0.333. The van der Waals surface area contributed by atoms with Gasteiger partial charge in [-0.1, -0.05) is 44.2 Å². The molecule has 94 valence electrons. The number of nitrogens with zero attached hydrogens (tertiary/aromatic N) is 2. The minimum absolute atomic E-state index is 0.522. The fourth-order valence-electron chi connectivity index (χ4n) is 1.97. The SMILES string of the molecule is CC(C)Cn1cc(C=O)c(Cc2ccccc2)n1. The van der Waals surface area contributed by atoms with Crippen molar-refractivity contribution in [3.8, 4) is 0 Å². The lowest BCUT2D eigenvalue weighted by molar-refractivity contribution is 0.112. The molecule has 0 amide bonds. The van der Waals surface area contributed by atoms with Crippen molar-refractivity contribution >= 4 is 6.29 Å². The molecule has 0 aliphatic rings. The smallest absolute Gasteiger partial charge is 0.153 e. The monoisotopic (exact) mass is 242 g/mol. The van der Waals surface area contributed by atoms with Crippen LogP contribution >= 0.6 is 0 Å². The number of carbonyl (C=O) groups is 1. The van der Waals surface area contributed by atoms with Crippen molar-refractivity contribution in [3.05, 3.63) is 53.3 Å². The number of benzene rings is 1. The first-order valence-corrected chi connectivity index (χ1v) is 6.24. The third kappa shape index (κ3) is 3.06. The van der Waals surface area contributed by atoms with E-state index in [0.717, 1.165) is 18.5 Å². The quantitative estimate of drug-likeness (QED) is 0.755. The van der Waals surface area contributed by atoms with Crippen molar-refractivity contribution in [2.24, 2.45) is 5.92 Å². The van der Waals surface area contributed by atoms with Gasteiger partial charge in [0, 0.05) is 19.2 Å². The molecule has 0 saturated carbocycles. The molecule has 3 nitrogen and oxygen atoms in total. The van der Waals surface area contributed by atoms with Gasteiger partial charge in [-0.05, 0) is 11.5 Å². The second kappa shape index (κ2) is 5.63. The van der Waals surface area contributed by atoms with Gasteiger partial charge in [0.05, 0.1) is 11.3 Å². The van der Waals surface area contributed by atoms with Crippen LogP contribution in [0.5, 0.6) is 0 Å². The summed E-state index contributed by atoms with van der Waals surface area (Å²) in [5.74, 6) is 0.522. The second-order valence-corrected chi connectivity index (χ2v) is 4.93. The zero-order valence-corrected chi connectivity index (χ0v) is 10.8. The number of hydrogen-bond donors (Lipinski definition) is 0. The van der Waals surface area contributed by atoms with Crippen LogP contribution < -0.4 is 0 Å². The second-order valence-electron chi connectivity index (χ2n) is 4.93. The molecule has 0 spiro atoms. The molecule has 0 saturated heterocycles. The largest absolute Gasteiger partial charge is 0.298 e. The van der Waals surface area contributed by atoms with E-state index in [1.54, 1.807) is 0 Å². The first kappa shape index (κ1) is 12.6. The summed E-state index contributed by atoms with van der Waals surface area (Å²) in [4.78, 5) is 11.1. The van der Waals surface area contributed by atoms with Gasteiger partial charge in [0.15, 0.2) is 6.29 Å². The van der Waals surface area contributed by atoms with Crippen molar-refractivity contribution in [2.75, 3.05) is 0 Å². The molecule has 2 aromatic rings. The molecular formula is C15H18N2O. The number of rotatable bonds is 5. The standard InChI is InChI=1S/C15H18N2O/c1-12(2)9-17-10-14(11-18)15(16-17)8-13-6-4-3-5-7-13/h3-7,10-12H,8-9H2,1-2H3. The normalized spacial score (nSPS) is 10.8. The van der Waals surface area contributed by atoms with E-state index in [1.165, 1.54) is 5.56 Å². The third-order valence-corrected chi connectivity index (χ3v) is 2.76. The summed E-state index contributed by atoms with van der Waals surface area (Å²) in [5, 5.41) is 4.50. The average Bonchev–Trinajstić information content (AvgIpc) is 2.71. The van der Waals surface area contributed by atoms with Crippen molar-refractivity contribution in [2.45, 2.75) is 26.8 Å². The van der Waals surface area contributed by atoms with Crippen LogP contribution in [0.4, 0.5) is 0 Å². The van der Waals surface area contributed by atoms with Crippen LogP contribution in [0.1, 0.15) is 35.5 Å². The van der Waals surface area contributed by atoms with Crippen LogP contribution in [0.2, 0.25) is 0 Å². The summed E-state index contributed by atoms with van der Waals surface area (Å²) in [5.41, 5.74) is 2.73. The topological polar surface area (TPSA) is 34.9 Å². The van der Waals surface area contributed by atoms with Gasteiger partial charge >= 0.3 is 0 Å². The predicted molar refractivity (Wildman–Crippen MR) is 71.7 cm³/mol. The van der Waals surface area contributed by atoms with Crippen molar-refractivity contribution in [3.63, 3.8) is 0 Å². The molecule has 0 fully saturated rings. The van der Waals surface area contributed by atoms with E-state index in [9.17, 15) is 4.79 Å². The zero-order chi connectivity index (χ0) is 13.0. The maximum absolute atomic E-state index is 11.1. The lowest BCUT2D eigenvalue weighted by atomic mass is 10.1. The summed E-state index contributed by atoms with van der Waals surface area (Å²) in [6, 6.07) is 10.1. The Bertz CT molecular complexity index is 515. The highest BCUT2D eigenvalue weighted by Crippen LogP contribution is 2.12. The summed E-state index contributed by atoms with van der Waals surface area (Å²) in [7, 11) is 0. The van der Waals surface area contributed by atoms with Crippen LogP contribution in [0.3, 0.4) is 0 Å². The minimum Gasteiger partial charge on any atom is -0.298 e. The molecule has 0 unspecified atom stereocenters. The van der Waals surface area contributed by atoms with E-state index < -0.39 is 0 Å². The van der Waals surface area contributed by atoms with Gasteiger partial charge in [0.25, 0.3) is 0 Å². The Morgan fingerprint density at radius 2 is 2.00 bits per heavy atom. The van der Waals surface area contributed by atoms with Crippen LogP contribution in [0.25, 0.3) is 0 Å². The van der Waals surface area contributed by atoms with E-state index >= 15 is 0 Å². The Kier molecular flexibility index (Phi) is 3.92. The van der Waals surface area contributed by atoms with Gasteiger partial charge in [0.2, 0.25) is 0 Å². The van der Waals surface area contributed by atoms with Crippen LogP contribution in [0.15, 0.2) is 36.5 Å².